The van der Waals surface area contributed by atoms with Crippen LogP contribution in [0, 0.1) is 11.6 Å². The van der Waals surface area contributed by atoms with Gasteiger partial charge in [-0.15, -0.1) is 0 Å². The van der Waals surface area contributed by atoms with Gasteiger partial charge in [0.1, 0.15) is 0 Å². The summed E-state index contributed by atoms with van der Waals surface area (Å²) in [7, 11) is 0. The molecule has 26 heavy (non-hydrogen) atoms. The topological polar surface area (TPSA) is 61.4 Å². The number of hydrogen-bond donors (Lipinski definition) is 2. The fourth-order valence-electron chi connectivity index (χ4n) is 3.78. The molecule has 0 spiro atoms. The minimum absolute atomic E-state index is 0.0246. The highest BCUT2D eigenvalue weighted by Gasteiger charge is 2.29. The molecule has 7 heteroatoms. The summed E-state index contributed by atoms with van der Waals surface area (Å²) in [5, 5.41) is 6.20. The van der Waals surface area contributed by atoms with Crippen LogP contribution >= 0.6 is 0 Å². The zero-order chi connectivity index (χ0) is 18.5. The van der Waals surface area contributed by atoms with Crippen molar-refractivity contribution in [3.63, 3.8) is 0 Å². The van der Waals surface area contributed by atoms with Crippen molar-refractivity contribution in [3.8, 4) is 0 Å². The molecule has 0 aromatic heterocycles. The van der Waals surface area contributed by atoms with Gasteiger partial charge in [0, 0.05) is 31.5 Å². The highest BCUT2D eigenvalue weighted by Crippen LogP contribution is 2.27. The molecule has 2 heterocycles. The first kappa shape index (κ1) is 18.8. The van der Waals surface area contributed by atoms with Gasteiger partial charge in [-0.3, -0.25) is 9.59 Å². The molecule has 3 rings (SSSR count). The summed E-state index contributed by atoms with van der Waals surface area (Å²) < 4.78 is 26.8. The normalized spacial score (nSPS) is 24.2. The van der Waals surface area contributed by atoms with E-state index in [0.717, 1.165) is 38.3 Å². The van der Waals surface area contributed by atoms with Crippen LogP contribution in [0.4, 0.5) is 8.78 Å². The lowest BCUT2D eigenvalue weighted by atomic mass is 9.86. The summed E-state index contributed by atoms with van der Waals surface area (Å²) in [5.74, 6) is -2.02. The molecule has 1 aromatic rings. The highest BCUT2D eigenvalue weighted by molar-refractivity contribution is 5.85. The highest BCUT2D eigenvalue weighted by atomic mass is 19.2. The van der Waals surface area contributed by atoms with E-state index in [1.54, 1.807) is 11.0 Å². The smallest absolute Gasteiger partial charge is 0.239 e. The fourth-order valence-corrected chi connectivity index (χ4v) is 3.78. The third-order valence-corrected chi connectivity index (χ3v) is 5.21. The van der Waals surface area contributed by atoms with Crippen molar-refractivity contribution in [1.29, 1.82) is 0 Å². The number of rotatable bonds is 4. The van der Waals surface area contributed by atoms with E-state index in [4.69, 9.17) is 0 Å². The van der Waals surface area contributed by atoms with Gasteiger partial charge in [-0.1, -0.05) is 12.5 Å². The van der Waals surface area contributed by atoms with Crippen molar-refractivity contribution in [2.24, 2.45) is 0 Å². The second-order valence-corrected chi connectivity index (χ2v) is 7.07. The average molecular weight is 365 g/mol. The Kier molecular flexibility index (Phi) is 6.19. The van der Waals surface area contributed by atoms with Gasteiger partial charge in [-0.05, 0) is 43.5 Å². The van der Waals surface area contributed by atoms with Gasteiger partial charge in [0.15, 0.2) is 11.6 Å². The van der Waals surface area contributed by atoms with Crippen LogP contribution in [0.3, 0.4) is 0 Å². The third-order valence-electron chi connectivity index (χ3n) is 5.21. The quantitative estimate of drug-likeness (QED) is 0.857. The van der Waals surface area contributed by atoms with Crippen LogP contribution in [-0.4, -0.2) is 48.9 Å². The van der Waals surface area contributed by atoms with Gasteiger partial charge in [0.05, 0.1) is 6.54 Å². The molecule has 142 valence electrons. The predicted molar refractivity (Wildman–Crippen MR) is 93.6 cm³/mol. The molecular weight excluding hydrogens is 340 g/mol. The largest absolute Gasteiger partial charge is 0.350 e. The fraction of sp³-hybridized carbons (Fsp3) is 0.579. The molecule has 2 atom stereocenters. The van der Waals surface area contributed by atoms with Crippen molar-refractivity contribution in [1.82, 2.24) is 15.5 Å². The van der Waals surface area contributed by atoms with Crippen LogP contribution in [-0.2, 0) is 9.59 Å². The molecule has 0 bridgehead atoms. The van der Waals surface area contributed by atoms with E-state index < -0.39 is 11.6 Å². The van der Waals surface area contributed by atoms with E-state index in [9.17, 15) is 18.4 Å². The lowest BCUT2D eigenvalue weighted by molar-refractivity contribution is -0.135. The Morgan fingerprint density at radius 3 is 2.88 bits per heavy atom. The van der Waals surface area contributed by atoms with Gasteiger partial charge in [-0.2, -0.15) is 0 Å². The maximum absolute atomic E-state index is 13.6. The molecular formula is C19H25F2N3O2. The number of nitrogens with zero attached hydrogens (tertiary/aromatic N) is 1. The Balaban J connectivity index is 1.64. The number of carbonyl (C=O) groups excluding carboxylic acids is 2. The number of benzene rings is 1. The maximum atomic E-state index is 13.6. The molecule has 2 fully saturated rings. The summed E-state index contributed by atoms with van der Waals surface area (Å²) in [6, 6.07) is 3.69. The van der Waals surface area contributed by atoms with Crippen molar-refractivity contribution in [2.75, 3.05) is 26.2 Å². The van der Waals surface area contributed by atoms with Crippen LogP contribution in [0.1, 0.15) is 43.6 Å². The number of amides is 2. The molecule has 1 aromatic carbocycles. The minimum Gasteiger partial charge on any atom is -0.350 e. The lowest BCUT2D eigenvalue weighted by Gasteiger charge is -2.34. The van der Waals surface area contributed by atoms with Crippen LogP contribution in [0.2, 0.25) is 0 Å². The molecule has 2 aliphatic heterocycles. The van der Waals surface area contributed by atoms with Gasteiger partial charge in [0.25, 0.3) is 0 Å². The van der Waals surface area contributed by atoms with Gasteiger partial charge < -0.3 is 15.5 Å². The Morgan fingerprint density at radius 1 is 1.23 bits per heavy atom. The van der Waals surface area contributed by atoms with E-state index in [1.807, 2.05) is 0 Å². The zero-order valence-electron chi connectivity index (χ0n) is 14.8. The molecule has 5 nitrogen and oxygen atoms in total. The van der Waals surface area contributed by atoms with E-state index in [2.05, 4.69) is 10.6 Å². The van der Waals surface area contributed by atoms with Crippen molar-refractivity contribution in [2.45, 2.75) is 44.1 Å². The van der Waals surface area contributed by atoms with Crippen LogP contribution in [0.5, 0.6) is 0 Å². The first-order chi connectivity index (χ1) is 12.5. The van der Waals surface area contributed by atoms with Crippen LogP contribution in [0.15, 0.2) is 18.2 Å². The van der Waals surface area contributed by atoms with Gasteiger partial charge in [0.2, 0.25) is 11.8 Å². The predicted octanol–water partition coefficient (Wildman–Crippen LogP) is 1.93. The Bertz CT molecular complexity index is 668. The first-order valence-corrected chi connectivity index (χ1v) is 9.27. The third kappa shape index (κ3) is 4.58. The maximum Gasteiger partial charge on any atom is 0.239 e. The molecule has 2 aliphatic rings. The molecule has 2 saturated heterocycles. The molecule has 0 aliphatic carbocycles. The summed E-state index contributed by atoms with van der Waals surface area (Å²) in [6.07, 6.45) is 4.02. The van der Waals surface area contributed by atoms with E-state index >= 15 is 0 Å². The summed E-state index contributed by atoms with van der Waals surface area (Å²) >= 11 is 0. The van der Waals surface area contributed by atoms with E-state index in [0.29, 0.717) is 25.1 Å². The monoisotopic (exact) mass is 365 g/mol. The number of nitrogens with one attached hydrogen (secondary N) is 2. The minimum atomic E-state index is -0.874. The summed E-state index contributed by atoms with van der Waals surface area (Å²) in [6.45, 7) is 1.98. The van der Waals surface area contributed by atoms with Gasteiger partial charge >= 0.3 is 0 Å². The van der Waals surface area contributed by atoms with Crippen molar-refractivity contribution in [3.05, 3.63) is 35.4 Å². The first-order valence-electron chi connectivity index (χ1n) is 9.27. The Morgan fingerprint density at radius 2 is 2.08 bits per heavy atom. The van der Waals surface area contributed by atoms with Crippen LogP contribution in [0.25, 0.3) is 0 Å². The molecule has 2 amide bonds. The second kappa shape index (κ2) is 8.58. The molecule has 2 unspecified atom stereocenters. The van der Waals surface area contributed by atoms with Crippen molar-refractivity contribution >= 4 is 11.8 Å². The number of hydrogen-bond acceptors (Lipinski definition) is 3. The SMILES string of the molecule is O=C(CN1CCCCCC1=O)NC1CNCCC1c1ccc(F)c(F)c1. The molecule has 0 saturated carbocycles. The van der Waals surface area contributed by atoms with Crippen molar-refractivity contribution < 1.29 is 18.4 Å². The Labute approximate surface area is 152 Å². The number of carbonyl (C=O) groups is 2. The van der Waals surface area contributed by atoms with E-state index in [-0.39, 0.29) is 30.3 Å². The summed E-state index contributed by atoms with van der Waals surface area (Å²) in [5.41, 5.74) is 0.682. The van der Waals surface area contributed by atoms with Crippen LogP contribution < -0.4 is 10.6 Å². The lowest BCUT2D eigenvalue weighted by Crippen LogP contribution is -2.52. The summed E-state index contributed by atoms with van der Waals surface area (Å²) in [4.78, 5) is 26.1. The second-order valence-electron chi connectivity index (χ2n) is 7.07. The van der Waals surface area contributed by atoms with Gasteiger partial charge in [-0.25, -0.2) is 8.78 Å². The standard InChI is InChI=1S/C19H25F2N3O2/c20-15-6-5-13(10-16(15)21)14-7-8-22-11-17(14)23-18(25)12-24-9-3-1-2-4-19(24)26/h5-6,10,14,17,22H,1-4,7-9,11-12H2,(H,23,25). The molecule has 2 N–H and O–H groups in total. The molecule has 0 radical (unpaired) electrons. The van der Waals surface area contributed by atoms with E-state index in [1.165, 1.54) is 6.07 Å². The Hall–Kier alpha value is -2.02. The number of halogens is 2. The number of piperidine rings is 1. The number of likely N-dealkylation sites (tertiary alicyclic amines) is 1. The zero-order valence-corrected chi connectivity index (χ0v) is 14.8. The average Bonchev–Trinajstić information content (AvgIpc) is 2.82.